The molecule has 0 atom stereocenters. The number of carbonyl (C=O) groups is 1. The molecule has 86 valence electrons. The molecular formula is C11H16N4O. The van der Waals surface area contributed by atoms with Crippen molar-refractivity contribution in [3.8, 4) is 0 Å². The van der Waals surface area contributed by atoms with Crippen molar-refractivity contribution in [2.75, 3.05) is 6.54 Å². The van der Waals surface area contributed by atoms with Crippen LogP contribution in [0.2, 0.25) is 0 Å². The zero-order valence-electron chi connectivity index (χ0n) is 9.21. The van der Waals surface area contributed by atoms with E-state index in [-0.39, 0.29) is 11.9 Å². The van der Waals surface area contributed by atoms with E-state index in [2.05, 4.69) is 10.6 Å². The van der Waals surface area contributed by atoms with Gasteiger partial charge in [0, 0.05) is 18.7 Å². The molecule has 1 rings (SSSR count). The Morgan fingerprint density at radius 2 is 1.94 bits per heavy atom. The first-order valence-electron chi connectivity index (χ1n) is 5.08. The molecule has 5 N–H and O–H groups in total. The van der Waals surface area contributed by atoms with Crippen LogP contribution < -0.4 is 16.4 Å². The Bertz CT molecular complexity index is 372. The van der Waals surface area contributed by atoms with Crippen LogP contribution in [-0.2, 0) is 6.54 Å². The zero-order valence-corrected chi connectivity index (χ0v) is 9.21. The maximum atomic E-state index is 11.1. The lowest BCUT2D eigenvalue weighted by Gasteiger charge is -2.06. The average molecular weight is 220 g/mol. The summed E-state index contributed by atoms with van der Waals surface area (Å²) < 4.78 is 0. The molecule has 0 saturated heterocycles. The molecule has 2 amide bonds. The maximum Gasteiger partial charge on any atom is 0.315 e. The lowest BCUT2D eigenvalue weighted by Crippen LogP contribution is -2.34. The molecule has 0 saturated carbocycles. The van der Waals surface area contributed by atoms with E-state index in [1.807, 2.05) is 19.1 Å². The van der Waals surface area contributed by atoms with Gasteiger partial charge in [0.25, 0.3) is 0 Å². The summed E-state index contributed by atoms with van der Waals surface area (Å²) in [7, 11) is 0. The van der Waals surface area contributed by atoms with Crippen LogP contribution in [0.15, 0.2) is 24.3 Å². The van der Waals surface area contributed by atoms with Gasteiger partial charge in [0.2, 0.25) is 0 Å². The van der Waals surface area contributed by atoms with Crippen LogP contribution in [0.1, 0.15) is 18.1 Å². The predicted octanol–water partition coefficient (Wildman–Crippen LogP) is 0.790. The number of nitrogens with one attached hydrogen (secondary N) is 3. The SMILES string of the molecule is CCNC(=O)NCc1ccc(C(=N)N)cc1. The lowest BCUT2D eigenvalue weighted by molar-refractivity contribution is 0.241. The summed E-state index contributed by atoms with van der Waals surface area (Å²) in [6.45, 7) is 2.93. The van der Waals surface area contributed by atoms with Crippen LogP contribution >= 0.6 is 0 Å². The summed E-state index contributed by atoms with van der Waals surface area (Å²) in [5, 5.41) is 12.6. The van der Waals surface area contributed by atoms with E-state index >= 15 is 0 Å². The molecule has 0 aliphatic rings. The molecule has 0 aromatic heterocycles. The second-order valence-electron chi connectivity index (χ2n) is 3.32. The molecule has 1 aromatic rings. The molecule has 0 unspecified atom stereocenters. The molecule has 5 nitrogen and oxygen atoms in total. The Kier molecular flexibility index (Phi) is 4.32. The Balaban J connectivity index is 2.49. The highest BCUT2D eigenvalue weighted by molar-refractivity contribution is 5.94. The summed E-state index contributed by atoms with van der Waals surface area (Å²) in [5.41, 5.74) is 6.98. The molecular weight excluding hydrogens is 204 g/mol. The first-order chi connectivity index (χ1) is 7.63. The topological polar surface area (TPSA) is 91.0 Å². The van der Waals surface area contributed by atoms with Crippen LogP contribution in [0, 0.1) is 5.41 Å². The highest BCUT2D eigenvalue weighted by Crippen LogP contribution is 2.03. The standard InChI is InChI=1S/C11H16N4O/c1-2-14-11(16)15-7-8-3-5-9(6-4-8)10(12)13/h3-6H,2,7H2,1H3,(H3,12,13)(H2,14,15,16). The number of nitrogen functional groups attached to an aromatic ring is 1. The Labute approximate surface area is 94.5 Å². The van der Waals surface area contributed by atoms with E-state index in [0.29, 0.717) is 18.7 Å². The molecule has 0 heterocycles. The first kappa shape index (κ1) is 12.0. The smallest absolute Gasteiger partial charge is 0.315 e. The van der Waals surface area contributed by atoms with Crippen LogP contribution in [0.5, 0.6) is 0 Å². The molecule has 1 aromatic carbocycles. The van der Waals surface area contributed by atoms with E-state index in [1.165, 1.54) is 0 Å². The number of carbonyl (C=O) groups excluding carboxylic acids is 1. The second-order valence-corrected chi connectivity index (χ2v) is 3.32. The van der Waals surface area contributed by atoms with Crippen LogP contribution in [-0.4, -0.2) is 18.4 Å². The van der Waals surface area contributed by atoms with Crippen molar-refractivity contribution < 1.29 is 4.79 Å². The van der Waals surface area contributed by atoms with Crippen molar-refractivity contribution in [2.45, 2.75) is 13.5 Å². The largest absolute Gasteiger partial charge is 0.384 e. The van der Waals surface area contributed by atoms with Crippen molar-refractivity contribution >= 4 is 11.9 Å². The number of urea groups is 1. The summed E-state index contributed by atoms with van der Waals surface area (Å²) in [4.78, 5) is 11.1. The van der Waals surface area contributed by atoms with E-state index < -0.39 is 0 Å². The highest BCUT2D eigenvalue weighted by Gasteiger charge is 1.99. The molecule has 0 aliphatic carbocycles. The zero-order chi connectivity index (χ0) is 12.0. The highest BCUT2D eigenvalue weighted by atomic mass is 16.2. The summed E-state index contributed by atoms with van der Waals surface area (Å²) >= 11 is 0. The lowest BCUT2D eigenvalue weighted by atomic mass is 10.1. The van der Waals surface area contributed by atoms with Gasteiger partial charge < -0.3 is 16.4 Å². The number of rotatable bonds is 4. The molecule has 0 aliphatic heterocycles. The van der Waals surface area contributed by atoms with Gasteiger partial charge in [-0.2, -0.15) is 0 Å². The van der Waals surface area contributed by atoms with Gasteiger partial charge in [0.05, 0.1) is 0 Å². The summed E-state index contributed by atoms with van der Waals surface area (Å²) in [6, 6.07) is 7.01. The van der Waals surface area contributed by atoms with Gasteiger partial charge in [-0.1, -0.05) is 24.3 Å². The minimum absolute atomic E-state index is 0.0447. The Hall–Kier alpha value is -2.04. The van der Waals surface area contributed by atoms with Crippen LogP contribution in [0.3, 0.4) is 0 Å². The average Bonchev–Trinajstić information content (AvgIpc) is 2.27. The fourth-order valence-corrected chi connectivity index (χ4v) is 1.21. The molecule has 0 radical (unpaired) electrons. The predicted molar refractivity (Wildman–Crippen MR) is 63.4 cm³/mol. The van der Waals surface area contributed by atoms with Gasteiger partial charge in [-0.25, -0.2) is 4.79 Å². The quantitative estimate of drug-likeness (QED) is 0.446. The van der Waals surface area contributed by atoms with Gasteiger partial charge in [0.15, 0.2) is 0 Å². The van der Waals surface area contributed by atoms with Gasteiger partial charge >= 0.3 is 6.03 Å². The first-order valence-corrected chi connectivity index (χ1v) is 5.08. The number of hydrogen-bond donors (Lipinski definition) is 4. The molecule has 5 heteroatoms. The van der Waals surface area contributed by atoms with Crippen LogP contribution in [0.4, 0.5) is 4.79 Å². The maximum absolute atomic E-state index is 11.1. The number of nitrogens with two attached hydrogens (primary N) is 1. The summed E-state index contributed by atoms with van der Waals surface area (Å²) in [6.07, 6.45) is 0. The van der Waals surface area contributed by atoms with E-state index in [1.54, 1.807) is 12.1 Å². The molecule has 0 bridgehead atoms. The van der Waals surface area contributed by atoms with Gasteiger partial charge in [-0.3, -0.25) is 5.41 Å². The van der Waals surface area contributed by atoms with Crippen molar-refractivity contribution in [1.29, 1.82) is 5.41 Å². The molecule has 0 fully saturated rings. The van der Waals surface area contributed by atoms with Gasteiger partial charge in [-0.05, 0) is 12.5 Å². The third-order valence-electron chi connectivity index (χ3n) is 2.06. The summed E-state index contributed by atoms with van der Waals surface area (Å²) in [5.74, 6) is 0.0447. The number of benzene rings is 1. The minimum Gasteiger partial charge on any atom is -0.384 e. The van der Waals surface area contributed by atoms with Crippen molar-refractivity contribution in [3.63, 3.8) is 0 Å². The molecule has 16 heavy (non-hydrogen) atoms. The number of amidine groups is 1. The van der Waals surface area contributed by atoms with Gasteiger partial charge in [-0.15, -0.1) is 0 Å². The fraction of sp³-hybridized carbons (Fsp3) is 0.273. The fourth-order valence-electron chi connectivity index (χ4n) is 1.21. The van der Waals surface area contributed by atoms with Crippen molar-refractivity contribution in [2.24, 2.45) is 5.73 Å². The number of amides is 2. The third-order valence-corrected chi connectivity index (χ3v) is 2.06. The van der Waals surface area contributed by atoms with Crippen LogP contribution in [0.25, 0.3) is 0 Å². The van der Waals surface area contributed by atoms with Crippen molar-refractivity contribution in [3.05, 3.63) is 35.4 Å². The minimum atomic E-state index is -0.182. The monoisotopic (exact) mass is 220 g/mol. The molecule has 0 spiro atoms. The van der Waals surface area contributed by atoms with Crippen molar-refractivity contribution in [1.82, 2.24) is 10.6 Å². The number of hydrogen-bond acceptors (Lipinski definition) is 2. The normalized spacial score (nSPS) is 9.56. The third kappa shape index (κ3) is 3.61. The second kappa shape index (κ2) is 5.75. The Morgan fingerprint density at radius 1 is 1.31 bits per heavy atom. The van der Waals surface area contributed by atoms with E-state index in [0.717, 1.165) is 5.56 Å². The van der Waals surface area contributed by atoms with E-state index in [9.17, 15) is 4.79 Å². The Morgan fingerprint density at radius 3 is 2.44 bits per heavy atom. The van der Waals surface area contributed by atoms with E-state index in [4.69, 9.17) is 11.1 Å². The van der Waals surface area contributed by atoms with Gasteiger partial charge in [0.1, 0.15) is 5.84 Å².